The van der Waals surface area contributed by atoms with Crippen molar-refractivity contribution in [1.82, 2.24) is 0 Å². The predicted molar refractivity (Wildman–Crippen MR) is 51.9 cm³/mol. The Bertz CT molecular complexity index is 369. The van der Waals surface area contributed by atoms with Gasteiger partial charge in [0, 0.05) is 0 Å². The van der Waals surface area contributed by atoms with E-state index in [9.17, 15) is 5.11 Å². The van der Waals surface area contributed by atoms with Crippen LogP contribution in [0.2, 0.25) is 0 Å². The normalized spacial score (nSPS) is 19.0. The van der Waals surface area contributed by atoms with Crippen molar-refractivity contribution in [2.24, 2.45) is 0 Å². The molecule has 3 heteroatoms. The van der Waals surface area contributed by atoms with Crippen LogP contribution in [-0.2, 0) is 4.74 Å². The Morgan fingerprint density at radius 1 is 1.21 bits per heavy atom. The van der Waals surface area contributed by atoms with Crippen molar-refractivity contribution >= 4 is 0 Å². The highest BCUT2D eigenvalue weighted by molar-refractivity contribution is 5.38. The van der Waals surface area contributed by atoms with Gasteiger partial charge in [0.05, 0.1) is 6.26 Å². The Kier molecular flexibility index (Phi) is 2.40. The lowest BCUT2D eigenvalue weighted by Crippen LogP contribution is -2.16. The molecule has 0 aliphatic carbocycles. The van der Waals surface area contributed by atoms with Gasteiger partial charge in [-0.3, -0.25) is 0 Å². The van der Waals surface area contributed by atoms with E-state index in [0.29, 0.717) is 5.75 Å². The second-order valence-electron chi connectivity index (χ2n) is 2.80. The summed E-state index contributed by atoms with van der Waals surface area (Å²) in [7, 11) is 0. The Hall–Kier alpha value is -1.90. The van der Waals surface area contributed by atoms with E-state index in [-0.39, 0.29) is 5.75 Å². The summed E-state index contributed by atoms with van der Waals surface area (Å²) in [5, 5.41) is 9.42. The van der Waals surface area contributed by atoms with E-state index in [4.69, 9.17) is 9.47 Å². The molecule has 0 fully saturated rings. The number of para-hydroxylation sites is 2. The molecule has 1 N–H and O–H groups in total. The highest BCUT2D eigenvalue weighted by atomic mass is 16.7. The van der Waals surface area contributed by atoms with Crippen LogP contribution in [0, 0.1) is 0 Å². The van der Waals surface area contributed by atoms with Gasteiger partial charge in [0.25, 0.3) is 6.29 Å². The van der Waals surface area contributed by atoms with E-state index < -0.39 is 6.29 Å². The third kappa shape index (κ3) is 1.88. The van der Waals surface area contributed by atoms with Crippen molar-refractivity contribution in [2.45, 2.75) is 6.29 Å². The van der Waals surface area contributed by atoms with Gasteiger partial charge in [-0.2, -0.15) is 0 Å². The average molecular weight is 190 g/mol. The van der Waals surface area contributed by atoms with Crippen molar-refractivity contribution in [3.8, 4) is 11.5 Å². The summed E-state index contributed by atoms with van der Waals surface area (Å²) >= 11 is 0. The number of aromatic hydroxyl groups is 1. The second-order valence-corrected chi connectivity index (χ2v) is 2.80. The first-order valence-corrected chi connectivity index (χ1v) is 4.30. The molecule has 1 aromatic carbocycles. The smallest absolute Gasteiger partial charge is 0.260 e. The Morgan fingerprint density at radius 3 is 2.79 bits per heavy atom. The summed E-state index contributed by atoms with van der Waals surface area (Å²) in [4.78, 5) is 0. The van der Waals surface area contributed by atoms with Crippen LogP contribution in [0.25, 0.3) is 0 Å². The Morgan fingerprint density at radius 2 is 2.07 bits per heavy atom. The molecule has 0 radical (unpaired) electrons. The quantitative estimate of drug-likeness (QED) is 0.776. The van der Waals surface area contributed by atoms with Crippen LogP contribution < -0.4 is 4.74 Å². The fourth-order valence-corrected chi connectivity index (χ4v) is 1.12. The maximum absolute atomic E-state index is 9.42. The SMILES string of the molecule is Oc1ccccc1OC1C=CC=CO1. The zero-order chi connectivity index (χ0) is 9.80. The third-order valence-electron chi connectivity index (χ3n) is 1.78. The van der Waals surface area contributed by atoms with Gasteiger partial charge in [0.1, 0.15) is 0 Å². The zero-order valence-electron chi connectivity index (χ0n) is 7.46. The topological polar surface area (TPSA) is 38.7 Å². The van der Waals surface area contributed by atoms with Crippen LogP contribution in [0.5, 0.6) is 11.5 Å². The molecule has 0 aromatic heterocycles. The van der Waals surface area contributed by atoms with E-state index in [0.717, 1.165) is 0 Å². The zero-order valence-corrected chi connectivity index (χ0v) is 7.46. The molecule has 3 nitrogen and oxygen atoms in total. The van der Waals surface area contributed by atoms with Crippen molar-refractivity contribution in [3.05, 3.63) is 48.8 Å². The average Bonchev–Trinajstić information content (AvgIpc) is 2.23. The number of rotatable bonds is 2. The fraction of sp³-hybridized carbons (Fsp3) is 0.0909. The Labute approximate surface area is 81.9 Å². The van der Waals surface area contributed by atoms with Gasteiger partial charge >= 0.3 is 0 Å². The number of benzene rings is 1. The van der Waals surface area contributed by atoms with Gasteiger partial charge in [0.15, 0.2) is 11.5 Å². The first-order valence-electron chi connectivity index (χ1n) is 4.30. The molecule has 14 heavy (non-hydrogen) atoms. The molecule has 0 saturated heterocycles. The standard InChI is InChI=1S/C11H10O3/c12-9-5-1-2-6-10(9)14-11-7-3-4-8-13-11/h1-8,11-12H. The number of ether oxygens (including phenoxy) is 2. The number of hydrogen-bond acceptors (Lipinski definition) is 3. The van der Waals surface area contributed by atoms with Crippen molar-refractivity contribution < 1.29 is 14.6 Å². The molecule has 1 aliphatic heterocycles. The van der Waals surface area contributed by atoms with Gasteiger partial charge in [-0.1, -0.05) is 18.2 Å². The van der Waals surface area contributed by atoms with Crippen LogP contribution in [0.1, 0.15) is 0 Å². The van der Waals surface area contributed by atoms with Gasteiger partial charge in [-0.15, -0.1) is 0 Å². The van der Waals surface area contributed by atoms with Crippen molar-refractivity contribution in [3.63, 3.8) is 0 Å². The number of hydrogen-bond donors (Lipinski definition) is 1. The van der Waals surface area contributed by atoms with E-state index in [1.807, 2.05) is 6.08 Å². The molecular weight excluding hydrogens is 180 g/mol. The number of allylic oxidation sites excluding steroid dienone is 2. The van der Waals surface area contributed by atoms with Crippen molar-refractivity contribution in [1.29, 1.82) is 0 Å². The van der Waals surface area contributed by atoms with Crippen LogP contribution in [-0.4, -0.2) is 11.4 Å². The Balaban J connectivity index is 2.07. The molecule has 1 unspecified atom stereocenters. The van der Waals surface area contributed by atoms with Crippen molar-refractivity contribution in [2.75, 3.05) is 0 Å². The minimum absolute atomic E-state index is 0.110. The maximum atomic E-state index is 9.42. The molecule has 0 spiro atoms. The monoisotopic (exact) mass is 190 g/mol. The predicted octanol–water partition coefficient (Wildman–Crippen LogP) is 2.20. The van der Waals surface area contributed by atoms with Gasteiger partial charge in [0.2, 0.25) is 0 Å². The minimum atomic E-state index is -0.465. The molecule has 0 bridgehead atoms. The summed E-state index contributed by atoms with van der Waals surface area (Å²) in [6.07, 6.45) is 6.43. The maximum Gasteiger partial charge on any atom is 0.260 e. The summed E-state index contributed by atoms with van der Waals surface area (Å²) in [6.45, 7) is 0. The van der Waals surface area contributed by atoms with Crippen LogP contribution >= 0.6 is 0 Å². The molecule has 2 rings (SSSR count). The first kappa shape index (κ1) is 8.69. The third-order valence-corrected chi connectivity index (χ3v) is 1.78. The number of phenolic OH excluding ortho intramolecular Hbond substituents is 1. The molecule has 1 aliphatic rings. The molecular formula is C11H10O3. The lowest BCUT2D eigenvalue weighted by molar-refractivity contribution is 0.00616. The van der Waals surface area contributed by atoms with E-state index in [1.165, 1.54) is 0 Å². The summed E-state index contributed by atoms with van der Waals surface area (Å²) in [6, 6.07) is 6.78. The fourth-order valence-electron chi connectivity index (χ4n) is 1.12. The largest absolute Gasteiger partial charge is 0.504 e. The number of phenols is 1. The van der Waals surface area contributed by atoms with E-state index >= 15 is 0 Å². The minimum Gasteiger partial charge on any atom is -0.504 e. The first-order chi connectivity index (χ1) is 6.86. The lowest BCUT2D eigenvalue weighted by atomic mass is 10.3. The molecule has 72 valence electrons. The van der Waals surface area contributed by atoms with Gasteiger partial charge in [-0.05, 0) is 24.3 Å². The molecule has 0 amide bonds. The van der Waals surface area contributed by atoms with Crippen LogP contribution in [0.4, 0.5) is 0 Å². The summed E-state index contributed by atoms with van der Waals surface area (Å²) < 4.78 is 10.5. The molecule has 1 heterocycles. The molecule has 1 atom stereocenters. The van der Waals surface area contributed by atoms with Crippen LogP contribution in [0.3, 0.4) is 0 Å². The molecule has 1 aromatic rings. The highest BCUT2D eigenvalue weighted by Gasteiger charge is 2.09. The summed E-state index contributed by atoms with van der Waals surface area (Å²) in [5.41, 5.74) is 0. The second kappa shape index (κ2) is 3.87. The molecule has 0 saturated carbocycles. The van der Waals surface area contributed by atoms with E-state index in [1.54, 1.807) is 42.7 Å². The lowest BCUT2D eigenvalue weighted by Gasteiger charge is -2.17. The van der Waals surface area contributed by atoms with E-state index in [2.05, 4.69) is 0 Å². The van der Waals surface area contributed by atoms with Crippen LogP contribution in [0.15, 0.2) is 48.8 Å². The van der Waals surface area contributed by atoms with Gasteiger partial charge < -0.3 is 14.6 Å². The summed E-state index contributed by atoms with van der Waals surface area (Å²) in [5.74, 6) is 0.525. The highest BCUT2D eigenvalue weighted by Crippen LogP contribution is 2.26. The van der Waals surface area contributed by atoms with Gasteiger partial charge in [-0.25, -0.2) is 0 Å².